The van der Waals surface area contributed by atoms with Crippen molar-refractivity contribution in [2.45, 2.75) is 32.2 Å². The first-order valence-electron chi connectivity index (χ1n) is 10.1. The fraction of sp³-hybridized carbons (Fsp3) is 0.619. The molecule has 28 heavy (non-hydrogen) atoms. The van der Waals surface area contributed by atoms with Crippen molar-refractivity contribution in [2.24, 2.45) is 5.92 Å². The number of para-hydroxylation sites is 1. The Bertz CT molecular complexity index is 660. The van der Waals surface area contributed by atoms with E-state index >= 15 is 0 Å². The summed E-state index contributed by atoms with van der Waals surface area (Å²) < 4.78 is 10.9. The lowest BCUT2D eigenvalue weighted by atomic mass is 9.98. The Morgan fingerprint density at radius 1 is 1.14 bits per heavy atom. The van der Waals surface area contributed by atoms with Crippen LogP contribution in [-0.2, 0) is 20.9 Å². The Hall–Kier alpha value is -2.12. The van der Waals surface area contributed by atoms with Gasteiger partial charge in [-0.25, -0.2) is 4.79 Å². The second kappa shape index (κ2) is 10.4. The Labute approximate surface area is 166 Å². The number of hydrogen-bond acceptors (Lipinski definition) is 5. The van der Waals surface area contributed by atoms with Crippen LogP contribution in [0.4, 0.5) is 0 Å². The second-order valence-electron chi connectivity index (χ2n) is 7.59. The summed E-state index contributed by atoms with van der Waals surface area (Å²) in [5.74, 6) is 0.225. The van der Waals surface area contributed by atoms with Gasteiger partial charge in [-0.1, -0.05) is 18.2 Å². The number of carbonyl (C=O) groups is 2. The summed E-state index contributed by atoms with van der Waals surface area (Å²) in [6.07, 6.45) is 3.66. The summed E-state index contributed by atoms with van der Waals surface area (Å²) >= 11 is 0. The lowest BCUT2D eigenvalue weighted by Gasteiger charge is -2.26. The zero-order valence-corrected chi connectivity index (χ0v) is 16.3. The van der Waals surface area contributed by atoms with E-state index in [-0.39, 0.29) is 12.5 Å². The van der Waals surface area contributed by atoms with Gasteiger partial charge in [0.15, 0.2) is 6.61 Å². The predicted molar refractivity (Wildman–Crippen MR) is 104 cm³/mol. The minimum Gasteiger partial charge on any atom is -0.482 e. The molecule has 1 aromatic carbocycles. The van der Waals surface area contributed by atoms with E-state index in [2.05, 4.69) is 4.90 Å². The number of rotatable bonds is 7. The van der Waals surface area contributed by atoms with Crippen molar-refractivity contribution < 1.29 is 24.2 Å². The molecule has 7 heteroatoms. The van der Waals surface area contributed by atoms with Crippen molar-refractivity contribution in [1.29, 1.82) is 0 Å². The highest BCUT2D eigenvalue weighted by Gasteiger charge is 2.24. The molecule has 3 rings (SSSR count). The van der Waals surface area contributed by atoms with Gasteiger partial charge in [-0.15, -0.1) is 0 Å². The Morgan fingerprint density at radius 2 is 2.00 bits per heavy atom. The van der Waals surface area contributed by atoms with E-state index < -0.39 is 5.97 Å². The van der Waals surface area contributed by atoms with Gasteiger partial charge in [-0.2, -0.15) is 0 Å². The van der Waals surface area contributed by atoms with Gasteiger partial charge < -0.3 is 19.5 Å². The van der Waals surface area contributed by atoms with Gasteiger partial charge in [-0.3, -0.25) is 9.69 Å². The minimum atomic E-state index is -0.984. The van der Waals surface area contributed by atoms with Crippen LogP contribution in [0.15, 0.2) is 24.3 Å². The number of ether oxygens (including phenoxy) is 2. The molecule has 0 bridgehead atoms. The summed E-state index contributed by atoms with van der Waals surface area (Å²) in [6, 6.07) is 7.55. The number of nitrogens with zero attached hydrogens (tertiary/aromatic N) is 2. The standard InChI is InChI=1S/C21H30N2O5/c24-20(13-17-5-3-12-27-15-17)23-9-4-8-22(10-11-23)14-18-6-1-2-7-19(18)28-16-21(25)26/h1-2,6-7,17H,3-5,8-16H2,(H,25,26). The molecule has 2 heterocycles. The highest BCUT2D eigenvalue weighted by Crippen LogP contribution is 2.22. The summed E-state index contributed by atoms with van der Waals surface area (Å²) in [5, 5.41) is 8.84. The van der Waals surface area contributed by atoms with Gasteiger partial charge in [0.25, 0.3) is 0 Å². The normalized spacial score (nSPS) is 21.1. The van der Waals surface area contributed by atoms with Crippen LogP contribution in [0.5, 0.6) is 5.75 Å². The quantitative estimate of drug-likeness (QED) is 0.767. The van der Waals surface area contributed by atoms with Gasteiger partial charge in [0, 0.05) is 57.9 Å². The van der Waals surface area contributed by atoms with Crippen LogP contribution in [0.1, 0.15) is 31.2 Å². The van der Waals surface area contributed by atoms with Crippen molar-refractivity contribution >= 4 is 11.9 Å². The smallest absolute Gasteiger partial charge is 0.341 e. The van der Waals surface area contributed by atoms with Crippen LogP contribution in [0.2, 0.25) is 0 Å². The van der Waals surface area contributed by atoms with Gasteiger partial charge in [0.05, 0.1) is 0 Å². The molecule has 1 aromatic rings. The maximum absolute atomic E-state index is 12.7. The predicted octanol–water partition coefficient (Wildman–Crippen LogP) is 2.00. The molecular weight excluding hydrogens is 360 g/mol. The van der Waals surface area contributed by atoms with Gasteiger partial charge >= 0.3 is 5.97 Å². The average Bonchev–Trinajstić information content (AvgIpc) is 2.94. The van der Waals surface area contributed by atoms with Crippen molar-refractivity contribution in [3.8, 4) is 5.75 Å². The third kappa shape index (κ3) is 6.21. The fourth-order valence-electron chi connectivity index (χ4n) is 3.88. The van der Waals surface area contributed by atoms with Crippen molar-refractivity contribution in [1.82, 2.24) is 9.80 Å². The number of amides is 1. The molecular formula is C21H30N2O5. The summed E-state index contributed by atoms with van der Waals surface area (Å²) in [6.45, 7) is 5.10. The monoisotopic (exact) mass is 390 g/mol. The molecule has 154 valence electrons. The molecule has 0 aromatic heterocycles. The molecule has 0 aliphatic carbocycles. The van der Waals surface area contributed by atoms with Crippen LogP contribution >= 0.6 is 0 Å². The Balaban J connectivity index is 1.51. The van der Waals surface area contributed by atoms with Crippen LogP contribution in [0.3, 0.4) is 0 Å². The summed E-state index contributed by atoms with van der Waals surface area (Å²) in [5.41, 5.74) is 0.975. The fourth-order valence-corrected chi connectivity index (χ4v) is 3.88. The topological polar surface area (TPSA) is 79.3 Å². The molecule has 2 fully saturated rings. The molecule has 1 amide bonds. The third-order valence-corrected chi connectivity index (χ3v) is 5.38. The number of carboxylic acid groups (broad SMARTS) is 1. The molecule has 1 unspecified atom stereocenters. The summed E-state index contributed by atoms with van der Waals surface area (Å²) in [7, 11) is 0. The van der Waals surface area contributed by atoms with Gasteiger partial charge in [0.2, 0.25) is 5.91 Å². The van der Waals surface area contributed by atoms with E-state index in [0.717, 1.165) is 57.6 Å². The van der Waals surface area contributed by atoms with Crippen molar-refractivity contribution in [2.75, 3.05) is 46.0 Å². The Morgan fingerprint density at radius 3 is 2.79 bits per heavy atom. The van der Waals surface area contributed by atoms with Crippen LogP contribution < -0.4 is 4.74 Å². The molecule has 0 spiro atoms. The number of aliphatic carboxylic acids is 1. The highest BCUT2D eigenvalue weighted by atomic mass is 16.5. The van der Waals surface area contributed by atoms with E-state index in [9.17, 15) is 9.59 Å². The molecule has 1 atom stereocenters. The van der Waals surface area contributed by atoms with Crippen LogP contribution in [0, 0.1) is 5.92 Å². The highest BCUT2D eigenvalue weighted by molar-refractivity contribution is 5.76. The van der Waals surface area contributed by atoms with E-state index in [1.807, 2.05) is 23.1 Å². The third-order valence-electron chi connectivity index (χ3n) is 5.38. The molecule has 2 aliphatic heterocycles. The van der Waals surface area contributed by atoms with E-state index in [4.69, 9.17) is 14.6 Å². The zero-order valence-electron chi connectivity index (χ0n) is 16.3. The molecule has 7 nitrogen and oxygen atoms in total. The molecule has 1 N–H and O–H groups in total. The largest absolute Gasteiger partial charge is 0.482 e. The average molecular weight is 390 g/mol. The summed E-state index contributed by atoms with van der Waals surface area (Å²) in [4.78, 5) is 27.7. The lowest BCUT2D eigenvalue weighted by Crippen LogP contribution is -2.37. The first-order chi connectivity index (χ1) is 13.6. The first-order valence-corrected chi connectivity index (χ1v) is 10.1. The molecule has 2 aliphatic rings. The number of hydrogen-bond donors (Lipinski definition) is 1. The van der Waals surface area contributed by atoms with Gasteiger partial charge in [-0.05, 0) is 31.2 Å². The molecule has 0 radical (unpaired) electrons. The van der Waals surface area contributed by atoms with Crippen LogP contribution in [-0.4, -0.2) is 72.8 Å². The zero-order chi connectivity index (χ0) is 19.8. The Kier molecular flexibility index (Phi) is 7.68. The second-order valence-corrected chi connectivity index (χ2v) is 7.59. The van der Waals surface area contributed by atoms with Gasteiger partial charge in [0.1, 0.15) is 5.75 Å². The van der Waals surface area contributed by atoms with Crippen molar-refractivity contribution in [3.05, 3.63) is 29.8 Å². The number of benzene rings is 1. The number of carbonyl (C=O) groups excluding carboxylic acids is 1. The van der Waals surface area contributed by atoms with E-state index in [1.54, 1.807) is 6.07 Å². The molecule has 0 saturated carbocycles. The van der Waals surface area contributed by atoms with Crippen LogP contribution in [0.25, 0.3) is 0 Å². The minimum absolute atomic E-state index is 0.238. The first kappa shape index (κ1) is 20.6. The maximum Gasteiger partial charge on any atom is 0.341 e. The van der Waals surface area contributed by atoms with E-state index in [0.29, 0.717) is 31.2 Å². The van der Waals surface area contributed by atoms with Crippen molar-refractivity contribution in [3.63, 3.8) is 0 Å². The SMILES string of the molecule is O=C(O)COc1ccccc1CN1CCCN(C(=O)CC2CCCOC2)CC1. The lowest BCUT2D eigenvalue weighted by molar-refractivity contribution is -0.139. The molecule has 2 saturated heterocycles. The maximum atomic E-state index is 12.7. The number of carboxylic acids is 1. The van der Waals surface area contributed by atoms with E-state index in [1.165, 1.54) is 0 Å².